The molecule has 0 saturated heterocycles. The number of nitrogens with zero attached hydrogens (tertiary/aromatic N) is 2. The summed E-state index contributed by atoms with van der Waals surface area (Å²) in [7, 11) is 3.00. The van der Waals surface area contributed by atoms with Crippen LogP contribution in [0.25, 0.3) is 0 Å². The van der Waals surface area contributed by atoms with E-state index >= 15 is 0 Å². The molecule has 0 radical (unpaired) electrons. The Labute approximate surface area is 192 Å². The van der Waals surface area contributed by atoms with E-state index in [1.165, 1.54) is 31.0 Å². The smallest absolute Gasteiger partial charge is 0.278 e. The molecule has 32 heavy (non-hydrogen) atoms. The summed E-state index contributed by atoms with van der Waals surface area (Å²) >= 11 is 7.28. The van der Waals surface area contributed by atoms with Crippen molar-refractivity contribution in [3.8, 4) is 11.5 Å². The molecule has 164 valence electrons. The lowest BCUT2D eigenvalue weighted by atomic mass is 10.1. The second kappa shape index (κ2) is 9.18. The molecule has 1 heterocycles. The molecule has 4 rings (SSSR count). The zero-order valence-corrected chi connectivity index (χ0v) is 18.6. The molecular formula is C23H17ClF2N2O3S. The van der Waals surface area contributed by atoms with Gasteiger partial charge in [0.15, 0.2) is 11.5 Å². The molecule has 1 atom stereocenters. The van der Waals surface area contributed by atoms with Crippen LogP contribution in [0.4, 0.5) is 8.78 Å². The number of para-hydroxylation sites is 1. The average Bonchev–Trinajstić information content (AvgIpc) is 3.23. The molecule has 0 bridgehead atoms. The van der Waals surface area contributed by atoms with Crippen LogP contribution in [0.1, 0.15) is 26.9 Å². The predicted octanol–water partition coefficient (Wildman–Crippen LogP) is 5.89. The van der Waals surface area contributed by atoms with Crippen LogP contribution in [0.15, 0.2) is 65.8 Å². The Morgan fingerprint density at radius 3 is 2.47 bits per heavy atom. The van der Waals surface area contributed by atoms with Crippen molar-refractivity contribution in [2.24, 2.45) is 5.10 Å². The second-order valence-corrected chi connectivity index (χ2v) is 8.24. The zero-order chi connectivity index (χ0) is 22.8. The number of thioether (sulfide) groups is 1. The molecule has 1 unspecified atom stereocenters. The lowest BCUT2D eigenvalue weighted by Crippen LogP contribution is -2.27. The summed E-state index contributed by atoms with van der Waals surface area (Å²) < 4.78 is 38.7. The Balaban J connectivity index is 1.81. The normalized spacial score (nSPS) is 15.5. The summed E-state index contributed by atoms with van der Waals surface area (Å²) in [5.41, 5.74) is 1.06. The van der Waals surface area contributed by atoms with Crippen molar-refractivity contribution in [3.05, 3.63) is 94.0 Å². The lowest BCUT2D eigenvalue weighted by molar-refractivity contribution is 0.0743. The van der Waals surface area contributed by atoms with E-state index in [-0.39, 0.29) is 5.56 Å². The van der Waals surface area contributed by atoms with Crippen LogP contribution in [0, 0.1) is 11.6 Å². The van der Waals surface area contributed by atoms with E-state index < -0.39 is 22.9 Å². The van der Waals surface area contributed by atoms with E-state index in [0.29, 0.717) is 33.2 Å². The fourth-order valence-electron chi connectivity index (χ4n) is 3.29. The first-order valence-electron chi connectivity index (χ1n) is 9.43. The van der Waals surface area contributed by atoms with Gasteiger partial charge in [0.05, 0.1) is 19.8 Å². The summed E-state index contributed by atoms with van der Waals surface area (Å²) in [4.78, 5) is 13.3. The summed E-state index contributed by atoms with van der Waals surface area (Å²) in [6, 6.07) is 15.1. The molecule has 0 aliphatic carbocycles. The van der Waals surface area contributed by atoms with E-state index in [0.717, 1.165) is 17.7 Å². The Hall–Kier alpha value is -3.10. The maximum absolute atomic E-state index is 14.4. The second-order valence-electron chi connectivity index (χ2n) is 6.74. The topological polar surface area (TPSA) is 51.1 Å². The Morgan fingerprint density at radius 2 is 1.81 bits per heavy atom. The monoisotopic (exact) mass is 474 g/mol. The van der Waals surface area contributed by atoms with Gasteiger partial charge in [0, 0.05) is 22.2 Å². The standard InChI is InChI=1S/C23H17ClF2N2O3S/c1-30-19-5-3-4-17(20(19)31-2)23-28(22(29)16-11-10-15(25)12-18(16)26)27-21(32-23)13-6-8-14(24)9-7-13/h3-12,23H,1-2H3. The maximum Gasteiger partial charge on any atom is 0.278 e. The number of halogens is 3. The number of amides is 1. The van der Waals surface area contributed by atoms with Gasteiger partial charge in [0.1, 0.15) is 22.1 Å². The summed E-state index contributed by atoms with van der Waals surface area (Å²) in [5, 5.41) is 6.07. The number of rotatable bonds is 5. The van der Waals surface area contributed by atoms with E-state index in [1.54, 1.807) is 42.5 Å². The van der Waals surface area contributed by atoms with Crippen LogP contribution in [0.2, 0.25) is 5.02 Å². The van der Waals surface area contributed by atoms with Crippen molar-refractivity contribution in [1.82, 2.24) is 5.01 Å². The van der Waals surface area contributed by atoms with Crippen LogP contribution in [-0.4, -0.2) is 30.2 Å². The van der Waals surface area contributed by atoms with Crippen LogP contribution >= 0.6 is 23.4 Å². The third kappa shape index (κ3) is 4.16. The molecule has 1 aliphatic rings. The lowest BCUT2D eigenvalue weighted by Gasteiger charge is -2.23. The quantitative estimate of drug-likeness (QED) is 0.463. The number of hydrogen-bond donors (Lipinski definition) is 0. The molecule has 1 aliphatic heterocycles. The molecule has 0 N–H and O–H groups in total. The maximum atomic E-state index is 14.4. The molecule has 3 aromatic rings. The van der Waals surface area contributed by atoms with Crippen molar-refractivity contribution in [2.45, 2.75) is 5.37 Å². The van der Waals surface area contributed by atoms with Gasteiger partial charge in [-0.3, -0.25) is 4.79 Å². The van der Waals surface area contributed by atoms with Gasteiger partial charge in [-0.25, -0.2) is 13.8 Å². The first-order chi connectivity index (χ1) is 15.4. The van der Waals surface area contributed by atoms with Gasteiger partial charge in [-0.15, -0.1) is 0 Å². The zero-order valence-electron chi connectivity index (χ0n) is 17.0. The minimum atomic E-state index is -0.966. The fraction of sp³-hybridized carbons (Fsp3) is 0.130. The van der Waals surface area contributed by atoms with Crippen molar-refractivity contribution >= 4 is 34.3 Å². The van der Waals surface area contributed by atoms with Crippen molar-refractivity contribution in [2.75, 3.05) is 14.2 Å². The van der Waals surface area contributed by atoms with Gasteiger partial charge < -0.3 is 9.47 Å². The minimum absolute atomic E-state index is 0.292. The van der Waals surface area contributed by atoms with Crippen molar-refractivity contribution in [3.63, 3.8) is 0 Å². The van der Waals surface area contributed by atoms with Crippen LogP contribution < -0.4 is 9.47 Å². The number of hydrogen-bond acceptors (Lipinski definition) is 5. The first-order valence-corrected chi connectivity index (χ1v) is 10.7. The highest BCUT2D eigenvalue weighted by molar-refractivity contribution is 8.14. The summed E-state index contributed by atoms with van der Waals surface area (Å²) in [5.74, 6) is -1.55. The van der Waals surface area contributed by atoms with Crippen molar-refractivity contribution < 1.29 is 23.0 Å². The number of ether oxygens (including phenoxy) is 2. The molecule has 0 aromatic heterocycles. The number of methoxy groups -OCH3 is 2. The summed E-state index contributed by atoms with van der Waals surface area (Å²) in [6.45, 7) is 0. The fourth-order valence-corrected chi connectivity index (χ4v) is 4.59. The number of benzene rings is 3. The molecule has 0 fully saturated rings. The van der Waals surface area contributed by atoms with Gasteiger partial charge in [0.25, 0.3) is 5.91 Å². The molecule has 0 spiro atoms. The molecule has 9 heteroatoms. The third-order valence-corrected chi connectivity index (χ3v) is 6.27. The highest BCUT2D eigenvalue weighted by atomic mass is 35.5. The summed E-state index contributed by atoms with van der Waals surface area (Å²) in [6.07, 6.45) is 0. The van der Waals surface area contributed by atoms with Gasteiger partial charge in [-0.1, -0.05) is 47.6 Å². The van der Waals surface area contributed by atoms with E-state index in [4.69, 9.17) is 21.1 Å². The number of hydrazone groups is 1. The van der Waals surface area contributed by atoms with Crippen LogP contribution in [0.5, 0.6) is 11.5 Å². The molecule has 5 nitrogen and oxygen atoms in total. The van der Waals surface area contributed by atoms with Gasteiger partial charge in [-0.2, -0.15) is 5.10 Å². The van der Waals surface area contributed by atoms with Crippen LogP contribution in [0.3, 0.4) is 0 Å². The van der Waals surface area contributed by atoms with Crippen LogP contribution in [-0.2, 0) is 0 Å². The molecule has 0 saturated carbocycles. The van der Waals surface area contributed by atoms with E-state index in [2.05, 4.69) is 5.10 Å². The average molecular weight is 475 g/mol. The first kappa shape index (κ1) is 22.1. The van der Waals surface area contributed by atoms with Gasteiger partial charge in [-0.05, 0) is 30.3 Å². The third-order valence-electron chi connectivity index (χ3n) is 4.80. The van der Waals surface area contributed by atoms with E-state index in [9.17, 15) is 13.6 Å². The Kier molecular flexibility index (Phi) is 6.34. The molecule has 1 amide bonds. The van der Waals surface area contributed by atoms with Gasteiger partial charge in [0.2, 0.25) is 0 Å². The predicted molar refractivity (Wildman–Crippen MR) is 120 cm³/mol. The van der Waals surface area contributed by atoms with E-state index in [1.807, 2.05) is 0 Å². The van der Waals surface area contributed by atoms with Gasteiger partial charge >= 0.3 is 0 Å². The number of carbonyl (C=O) groups excluding carboxylic acids is 1. The highest BCUT2D eigenvalue weighted by Crippen LogP contribution is 2.47. The minimum Gasteiger partial charge on any atom is -0.493 e. The Bertz CT molecular complexity index is 1200. The number of carbonyl (C=O) groups is 1. The molecule has 3 aromatic carbocycles. The Morgan fingerprint density at radius 1 is 1.06 bits per heavy atom. The largest absolute Gasteiger partial charge is 0.493 e. The molecular weight excluding hydrogens is 458 g/mol. The highest BCUT2D eigenvalue weighted by Gasteiger charge is 2.37. The SMILES string of the molecule is COc1cccc(C2SC(c3ccc(Cl)cc3)=NN2C(=O)c2ccc(F)cc2F)c1OC. The van der Waals surface area contributed by atoms with Crippen molar-refractivity contribution in [1.29, 1.82) is 0 Å².